The Kier molecular flexibility index (Phi) is 3.83. The van der Waals surface area contributed by atoms with Crippen LogP contribution in [0.15, 0.2) is 0 Å². The van der Waals surface area contributed by atoms with Crippen molar-refractivity contribution in [2.45, 2.75) is 33.3 Å². The van der Waals surface area contributed by atoms with E-state index < -0.39 is 0 Å². The minimum Gasteiger partial charge on any atom is -0.252 e. The molecule has 2 nitrogen and oxygen atoms in total. The largest absolute Gasteiger partial charge is 0.252 e. The van der Waals surface area contributed by atoms with Crippen molar-refractivity contribution < 1.29 is 10.1 Å². The van der Waals surface area contributed by atoms with Gasteiger partial charge in [-0.3, -0.25) is 5.26 Å². The first-order chi connectivity index (χ1) is 3.72. The zero-order valence-corrected chi connectivity index (χ0v) is 5.72. The molecule has 0 aromatic carbocycles. The van der Waals surface area contributed by atoms with Gasteiger partial charge in [0.1, 0.15) is 0 Å². The molecule has 0 aliphatic rings. The molecule has 8 heavy (non-hydrogen) atoms. The fourth-order valence-electron chi connectivity index (χ4n) is 0.668. The summed E-state index contributed by atoms with van der Waals surface area (Å²) < 4.78 is 0. The van der Waals surface area contributed by atoms with Gasteiger partial charge in [-0.2, -0.15) is 0 Å². The van der Waals surface area contributed by atoms with E-state index in [-0.39, 0.29) is 6.10 Å². The highest BCUT2D eigenvalue weighted by Gasteiger charge is 2.09. The fourth-order valence-corrected chi connectivity index (χ4v) is 0.668. The van der Waals surface area contributed by atoms with Crippen LogP contribution in [0.4, 0.5) is 0 Å². The maximum absolute atomic E-state index is 8.20. The second-order valence-corrected chi connectivity index (χ2v) is 2.30. The van der Waals surface area contributed by atoms with E-state index in [2.05, 4.69) is 4.89 Å². The van der Waals surface area contributed by atoms with Gasteiger partial charge in [0.15, 0.2) is 0 Å². The lowest BCUT2D eigenvalue weighted by molar-refractivity contribution is -0.288. The van der Waals surface area contributed by atoms with Crippen molar-refractivity contribution in [2.75, 3.05) is 0 Å². The Labute approximate surface area is 50.4 Å². The van der Waals surface area contributed by atoms with E-state index in [0.717, 1.165) is 6.42 Å². The summed E-state index contributed by atoms with van der Waals surface area (Å²) in [5.41, 5.74) is 0. The summed E-state index contributed by atoms with van der Waals surface area (Å²) in [5, 5.41) is 8.20. The van der Waals surface area contributed by atoms with Crippen molar-refractivity contribution in [3.05, 3.63) is 0 Å². The monoisotopic (exact) mass is 118 g/mol. The molecule has 0 saturated carbocycles. The van der Waals surface area contributed by atoms with Crippen LogP contribution in [0.3, 0.4) is 0 Å². The summed E-state index contributed by atoms with van der Waals surface area (Å²) in [5.74, 6) is 0.407. The molecule has 1 unspecified atom stereocenters. The van der Waals surface area contributed by atoms with Gasteiger partial charge in [0.2, 0.25) is 0 Å². The number of hydrogen-bond donors (Lipinski definition) is 1. The van der Waals surface area contributed by atoms with Gasteiger partial charge < -0.3 is 0 Å². The SMILES string of the molecule is CCC(OO)C(C)C. The van der Waals surface area contributed by atoms with Gasteiger partial charge in [-0.05, 0) is 12.3 Å². The molecule has 2 heteroatoms. The molecule has 1 N–H and O–H groups in total. The summed E-state index contributed by atoms with van der Waals surface area (Å²) in [6.07, 6.45) is 0.878. The lowest BCUT2D eigenvalue weighted by Gasteiger charge is -2.13. The predicted molar refractivity (Wildman–Crippen MR) is 32.6 cm³/mol. The van der Waals surface area contributed by atoms with E-state index in [0.29, 0.717) is 5.92 Å². The molecule has 0 aromatic rings. The van der Waals surface area contributed by atoms with Crippen LogP contribution in [-0.4, -0.2) is 11.4 Å². The fraction of sp³-hybridized carbons (Fsp3) is 1.00. The van der Waals surface area contributed by atoms with Gasteiger partial charge in [0.05, 0.1) is 6.10 Å². The van der Waals surface area contributed by atoms with Crippen molar-refractivity contribution in [3.8, 4) is 0 Å². The van der Waals surface area contributed by atoms with E-state index in [1.165, 1.54) is 0 Å². The number of hydrogen-bond acceptors (Lipinski definition) is 2. The lowest BCUT2D eigenvalue weighted by atomic mass is 10.1. The molecule has 0 rings (SSSR count). The third-order valence-corrected chi connectivity index (χ3v) is 1.28. The molecule has 0 fully saturated rings. The van der Waals surface area contributed by atoms with Crippen molar-refractivity contribution in [1.29, 1.82) is 0 Å². The van der Waals surface area contributed by atoms with Crippen LogP contribution in [0, 0.1) is 5.92 Å². The average Bonchev–Trinajstić information content (AvgIpc) is 1.69. The zero-order chi connectivity index (χ0) is 6.57. The first-order valence-corrected chi connectivity index (χ1v) is 3.02. The third kappa shape index (κ3) is 2.28. The van der Waals surface area contributed by atoms with Crippen LogP contribution >= 0.6 is 0 Å². The van der Waals surface area contributed by atoms with E-state index in [1.807, 2.05) is 20.8 Å². The minimum atomic E-state index is 0.00926. The van der Waals surface area contributed by atoms with Crippen molar-refractivity contribution in [1.82, 2.24) is 0 Å². The Balaban J connectivity index is 3.35. The van der Waals surface area contributed by atoms with E-state index in [1.54, 1.807) is 0 Å². The van der Waals surface area contributed by atoms with E-state index in [4.69, 9.17) is 5.26 Å². The normalized spacial score (nSPS) is 14.6. The summed E-state index contributed by atoms with van der Waals surface area (Å²) in [4.78, 5) is 4.16. The molecule has 0 aromatic heterocycles. The first-order valence-electron chi connectivity index (χ1n) is 3.02. The molecule has 0 saturated heterocycles. The lowest BCUT2D eigenvalue weighted by Crippen LogP contribution is -2.16. The molecule has 0 amide bonds. The molecule has 0 bridgehead atoms. The zero-order valence-electron chi connectivity index (χ0n) is 5.72. The molecule has 0 heterocycles. The average molecular weight is 118 g/mol. The number of rotatable bonds is 3. The Morgan fingerprint density at radius 3 is 2.00 bits per heavy atom. The van der Waals surface area contributed by atoms with E-state index in [9.17, 15) is 0 Å². The van der Waals surface area contributed by atoms with Crippen LogP contribution in [0.2, 0.25) is 0 Å². The van der Waals surface area contributed by atoms with Gasteiger partial charge >= 0.3 is 0 Å². The van der Waals surface area contributed by atoms with Crippen LogP contribution < -0.4 is 0 Å². The molecule has 0 aliphatic carbocycles. The maximum atomic E-state index is 8.20. The summed E-state index contributed by atoms with van der Waals surface area (Å²) in [6, 6.07) is 0. The second-order valence-electron chi connectivity index (χ2n) is 2.30. The molecule has 1 atom stereocenters. The van der Waals surface area contributed by atoms with Crippen LogP contribution in [0.5, 0.6) is 0 Å². The molecular weight excluding hydrogens is 104 g/mol. The van der Waals surface area contributed by atoms with E-state index >= 15 is 0 Å². The predicted octanol–water partition coefficient (Wildman–Crippen LogP) is 1.91. The summed E-state index contributed by atoms with van der Waals surface area (Å²) in [7, 11) is 0. The topological polar surface area (TPSA) is 29.5 Å². The van der Waals surface area contributed by atoms with Gasteiger partial charge in [0, 0.05) is 0 Å². The molecule has 0 spiro atoms. The molecular formula is C6H14O2. The molecule has 0 radical (unpaired) electrons. The van der Waals surface area contributed by atoms with Crippen LogP contribution in [0.1, 0.15) is 27.2 Å². The third-order valence-electron chi connectivity index (χ3n) is 1.28. The van der Waals surface area contributed by atoms with Crippen molar-refractivity contribution >= 4 is 0 Å². The van der Waals surface area contributed by atoms with Gasteiger partial charge in [-0.25, -0.2) is 4.89 Å². The second kappa shape index (κ2) is 3.87. The van der Waals surface area contributed by atoms with Crippen molar-refractivity contribution in [2.24, 2.45) is 5.92 Å². The summed E-state index contributed by atoms with van der Waals surface area (Å²) in [6.45, 7) is 6.02. The molecule has 50 valence electrons. The minimum absolute atomic E-state index is 0.00926. The van der Waals surface area contributed by atoms with Crippen LogP contribution in [0.25, 0.3) is 0 Å². The Morgan fingerprint density at radius 1 is 1.50 bits per heavy atom. The van der Waals surface area contributed by atoms with Gasteiger partial charge in [-0.1, -0.05) is 20.8 Å². The van der Waals surface area contributed by atoms with Gasteiger partial charge in [0.25, 0.3) is 0 Å². The van der Waals surface area contributed by atoms with Gasteiger partial charge in [-0.15, -0.1) is 0 Å². The smallest absolute Gasteiger partial charge is 0.0947 e. The highest BCUT2D eigenvalue weighted by Crippen LogP contribution is 2.07. The highest BCUT2D eigenvalue weighted by atomic mass is 17.1. The van der Waals surface area contributed by atoms with Crippen LogP contribution in [-0.2, 0) is 4.89 Å². The van der Waals surface area contributed by atoms with Crippen molar-refractivity contribution in [3.63, 3.8) is 0 Å². The maximum Gasteiger partial charge on any atom is 0.0947 e. The Morgan fingerprint density at radius 2 is 2.00 bits per heavy atom. The first kappa shape index (κ1) is 7.92. The quantitative estimate of drug-likeness (QED) is 0.453. The Bertz CT molecular complexity index is 48.5. The Hall–Kier alpha value is -0.0800. The molecule has 0 aliphatic heterocycles. The standard InChI is InChI=1S/C6H14O2/c1-4-6(8-7)5(2)3/h5-7H,4H2,1-3H3. The summed E-state index contributed by atoms with van der Waals surface area (Å²) >= 11 is 0. The highest BCUT2D eigenvalue weighted by molar-refractivity contribution is 4.56.